The number of methoxy groups -OCH3 is 1. The van der Waals surface area contributed by atoms with Crippen molar-refractivity contribution in [3.63, 3.8) is 0 Å². The van der Waals surface area contributed by atoms with Gasteiger partial charge < -0.3 is 14.0 Å². The first kappa shape index (κ1) is 20.9. The SMILES string of the molecule is COC(=O)C[C@H]1O[C@H](C(=O)c2cccc(Cl)c2Cl)c2cc(Cl)ccc2-n2cccc21. The monoisotopic (exact) mass is 463 g/mol. The van der Waals surface area contributed by atoms with E-state index in [2.05, 4.69) is 0 Å². The third-order valence-corrected chi connectivity index (χ3v) is 6.03. The summed E-state index contributed by atoms with van der Waals surface area (Å²) in [5.74, 6) is -0.838. The zero-order chi connectivity index (χ0) is 21.4. The average Bonchev–Trinajstić information content (AvgIpc) is 3.17. The number of ether oxygens (including phenoxy) is 2. The maximum atomic E-state index is 13.5. The minimum absolute atomic E-state index is 0.0602. The third-order valence-electron chi connectivity index (χ3n) is 4.98. The van der Waals surface area contributed by atoms with Crippen LogP contribution >= 0.6 is 34.8 Å². The van der Waals surface area contributed by atoms with E-state index < -0.39 is 18.2 Å². The fourth-order valence-corrected chi connectivity index (χ4v) is 4.14. The van der Waals surface area contributed by atoms with Crippen molar-refractivity contribution in [2.75, 3.05) is 7.11 Å². The van der Waals surface area contributed by atoms with Crippen molar-refractivity contribution in [1.82, 2.24) is 4.57 Å². The van der Waals surface area contributed by atoms with Crippen LogP contribution in [0, 0.1) is 0 Å². The summed E-state index contributed by atoms with van der Waals surface area (Å²) in [4.78, 5) is 25.6. The molecule has 0 unspecified atom stereocenters. The Bertz CT molecular complexity index is 1140. The van der Waals surface area contributed by atoms with Crippen LogP contribution in [0.25, 0.3) is 5.69 Å². The van der Waals surface area contributed by atoms with Crippen LogP contribution in [-0.4, -0.2) is 23.4 Å². The van der Waals surface area contributed by atoms with Gasteiger partial charge in [0.1, 0.15) is 12.2 Å². The maximum absolute atomic E-state index is 13.5. The first-order valence-corrected chi connectivity index (χ1v) is 10.2. The number of rotatable bonds is 4. The van der Waals surface area contributed by atoms with Gasteiger partial charge >= 0.3 is 5.97 Å². The van der Waals surface area contributed by atoms with Crippen molar-refractivity contribution in [3.8, 4) is 5.69 Å². The molecule has 0 fully saturated rings. The summed E-state index contributed by atoms with van der Waals surface area (Å²) < 4.78 is 12.9. The molecule has 0 aliphatic carbocycles. The standard InChI is InChI=1S/C22H16Cl3NO4/c1-29-19(27)11-18-17-6-3-9-26(17)16-8-7-12(23)10-14(16)22(30-18)21(28)13-4-2-5-15(24)20(13)25/h2-10,18,22H,11H2,1H3/t18-,22+/m1/s1. The lowest BCUT2D eigenvalue weighted by Crippen LogP contribution is -2.20. The number of hydrogen-bond acceptors (Lipinski definition) is 4. The van der Waals surface area contributed by atoms with Crippen LogP contribution in [0.15, 0.2) is 54.7 Å². The highest BCUT2D eigenvalue weighted by atomic mass is 35.5. The molecule has 0 bridgehead atoms. The number of aromatic nitrogens is 1. The van der Waals surface area contributed by atoms with Gasteiger partial charge in [0.15, 0.2) is 5.78 Å². The lowest BCUT2D eigenvalue weighted by Gasteiger charge is -2.22. The van der Waals surface area contributed by atoms with Gasteiger partial charge in [0, 0.05) is 22.3 Å². The van der Waals surface area contributed by atoms with Crippen LogP contribution in [0.2, 0.25) is 15.1 Å². The molecule has 0 amide bonds. The van der Waals surface area contributed by atoms with E-state index in [0.29, 0.717) is 10.6 Å². The first-order chi connectivity index (χ1) is 14.4. The molecule has 0 saturated carbocycles. The molecule has 4 rings (SSSR count). The van der Waals surface area contributed by atoms with Crippen LogP contribution in [0.3, 0.4) is 0 Å². The number of hydrogen-bond donors (Lipinski definition) is 0. The molecule has 5 nitrogen and oxygen atoms in total. The maximum Gasteiger partial charge on any atom is 0.308 e. The molecule has 1 aromatic heterocycles. The summed E-state index contributed by atoms with van der Waals surface area (Å²) in [5.41, 5.74) is 2.23. The molecule has 154 valence electrons. The molecular formula is C22H16Cl3NO4. The Labute approximate surface area is 188 Å². The van der Waals surface area contributed by atoms with E-state index in [4.69, 9.17) is 44.3 Å². The van der Waals surface area contributed by atoms with Gasteiger partial charge in [-0.2, -0.15) is 0 Å². The van der Waals surface area contributed by atoms with Crippen molar-refractivity contribution in [2.24, 2.45) is 0 Å². The topological polar surface area (TPSA) is 57.5 Å². The van der Waals surface area contributed by atoms with Gasteiger partial charge in [0.05, 0.1) is 35.0 Å². The van der Waals surface area contributed by atoms with Crippen LogP contribution in [0.5, 0.6) is 0 Å². The zero-order valence-corrected chi connectivity index (χ0v) is 18.0. The van der Waals surface area contributed by atoms with Crippen molar-refractivity contribution >= 4 is 46.6 Å². The lowest BCUT2D eigenvalue weighted by molar-refractivity contribution is -0.145. The smallest absolute Gasteiger partial charge is 0.308 e. The van der Waals surface area contributed by atoms with Crippen LogP contribution < -0.4 is 0 Å². The number of fused-ring (bicyclic) bond motifs is 3. The predicted molar refractivity (Wildman–Crippen MR) is 115 cm³/mol. The molecule has 2 aromatic carbocycles. The molecule has 8 heteroatoms. The highest BCUT2D eigenvalue weighted by Gasteiger charge is 2.36. The summed E-state index contributed by atoms with van der Waals surface area (Å²) in [6.45, 7) is 0. The summed E-state index contributed by atoms with van der Waals surface area (Å²) in [6, 6.07) is 13.7. The van der Waals surface area contributed by atoms with E-state index in [-0.39, 0.29) is 27.8 Å². The Hall–Kier alpha value is -2.31. The summed E-state index contributed by atoms with van der Waals surface area (Å²) in [7, 11) is 1.31. The molecule has 2 atom stereocenters. The second-order valence-corrected chi connectivity index (χ2v) is 7.98. The fraction of sp³-hybridized carbons (Fsp3) is 0.182. The molecule has 1 aliphatic heterocycles. The van der Waals surface area contributed by atoms with Gasteiger partial charge in [-0.05, 0) is 42.5 Å². The first-order valence-electron chi connectivity index (χ1n) is 9.08. The molecule has 0 spiro atoms. The molecular weight excluding hydrogens is 449 g/mol. The second kappa shape index (κ2) is 8.44. The number of benzene rings is 2. The number of ketones is 1. The third kappa shape index (κ3) is 3.74. The lowest BCUT2D eigenvalue weighted by atomic mass is 9.98. The minimum Gasteiger partial charge on any atom is -0.469 e. The number of nitrogens with zero attached hydrogens (tertiary/aromatic N) is 1. The average molecular weight is 465 g/mol. The molecule has 0 radical (unpaired) electrons. The Morgan fingerprint density at radius 2 is 1.90 bits per heavy atom. The quantitative estimate of drug-likeness (QED) is 0.351. The van der Waals surface area contributed by atoms with Gasteiger partial charge in [-0.3, -0.25) is 9.59 Å². The number of carbonyl (C=O) groups excluding carboxylic acids is 2. The van der Waals surface area contributed by atoms with E-state index in [0.717, 1.165) is 11.4 Å². The van der Waals surface area contributed by atoms with E-state index >= 15 is 0 Å². The van der Waals surface area contributed by atoms with Crippen molar-refractivity contribution in [1.29, 1.82) is 0 Å². The zero-order valence-electron chi connectivity index (χ0n) is 15.8. The Morgan fingerprint density at radius 3 is 2.67 bits per heavy atom. The van der Waals surface area contributed by atoms with E-state index in [1.807, 2.05) is 29.0 Å². The molecule has 0 saturated heterocycles. The summed E-state index contributed by atoms with van der Waals surface area (Å²) in [5, 5.41) is 0.858. The van der Waals surface area contributed by atoms with E-state index in [1.165, 1.54) is 7.11 Å². The molecule has 0 N–H and O–H groups in total. The Morgan fingerprint density at radius 1 is 1.10 bits per heavy atom. The Balaban J connectivity index is 1.88. The molecule has 2 heterocycles. The molecule has 1 aliphatic rings. The number of esters is 1. The predicted octanol–water partition coefficient (Wildman–Crippen LogP) is 6.00. The van der Waals surface area contributed by atoms with Gasteiger partial charge in [-0.25, -0.2) is 0 Å². The highest BCUT2D eigenvalue weighted by Crippen LogP contribution is 2.41. The normalized spacial score (nSPS) is 17.6. The van der Waals surface area contributed by atoms with Crippen LogP contribution in [0.4, 0.5) is 0 Å². The van der Waals surface area contributed by atoms with Gasteiger partial charge in [-0.15, -0.1) is 0 Å². The number of halogens is 3. The van der Waals surface area contributed by atoms with Gasteiger partial charge in [0.2, 0.25) is 0 Å². The summed E-state index contributed by atoms with van der Waals surface area (Å²) in [6.07, 6.45) is 0.0132. The fourth-order valence-electron chi connectivity index (χ4n) is 3.56. The molecule has 3 aromatic rings. The highest BCUT2D eigenvalue weighted by molar-refractivity contribution is 6.44. The van der Waals surface area contributed by atoms with Crippen molar-refractivity contribution in [3.05, 3.63) is 86.6 Å². The largest absolute Gasteiger partial charge is 0.469 e. The van der Waals surface area contributed by atoms with Crippen molar-refractivity contribution < 1.29 is 19.1 Å². The number of Topliss-reactive ketones (excluding diaryl/α,β-unsaturated/α-hetero) is 1. The van der Waals surface area contributed by atoms with Crippen LogP contribution in [0.1, 0.15) is 40.2 Å². The Kier molecular flexibility index (Phi) is 5.89. The number of carbonyl (C=O) groups is 2. The van der Waals surface area contributed by atoms with Crippen LogP contribution in [-0.2, 0) is 14.3 Å². The van der Waals surface area contributed by atoms with Crippen molar-refractivity contribution in [2.45, 2.75) is 18.6 Å². The minimum atomic E-state index is -1.05. The van der Waals surface area contributed by atoms with Gasteiger partial charge in [0.25, 0.3) is 0 Å². The van der Waals surface area contributed by atoms with E-state index in [1.54, 1.807) is 30.3 Å². The molecule has 30 heavy (non-hydrogen) atoms. The van der Waals surface area contributed by atoms with Gasteiger partial charge in [-0.1, -0.05) is 40.9 Å². The van der Waals surface area contributed by atoms with E-state index in [9.17, 15) is 9.59 Å². The second-order valence-electron chi connectivity index (χ2n) is 6.76. The summed E-state index contributed by atoms with van der Waals surface area (Å²) >= 11 is 18.7.